The quantitative estimate of drug-likeness (QED) is 0.147. The number of pyridine rings is 1. The third-order valence-electron chi connectivity index (χ3n) is 7.81. The number of piperazine rings is 1. The molecule has 2 aromatic heterocycles. The number of carboxylic acid groups (broad SMARTS) is 1. The van der Waals surface area contributed by atoms with E-state index in [4.69, 9.17) is 9.63 Å². The Morgan fingerprint density at radius 2 is 1.77 bits per heavy atom. The zero-order chi connectivity index (χ0) is 33.4. The van der Waals surface area contributed by atoms with Crippen LogP contribution in [-0.4, -0.2) is 91.6 Å². The number of rotatable bonds is 13. The van der Waals surface area contributed by atoms with E-state index in [1.807, 2.05) is 67.6 Å². The first-order valence-electron chi connectivity index (χ1n) is 15.2. The van der Waals surface area contributed by atoms with Gasteiger partial charge in [-0.2, -0.15) is 0 Å². The van der Waals surface area contributed by atoms with Crippen molar-refractivity contribution in [3.8, 4) is 11.3 Å². The average molecular weight is 660 g/mol. The molecule has 1 unspecified atom stereocenters. The number of carboxylic acids is 1. The van der Waals surface area contributed by atoms with Crippen LogP contribution in [-0.2, 0) is 20.4 Å². The van der Waals surface area contributed by atoms with Gasteiger partial charge in [-0.25, -0.2) is 14.8 Å². The molecule has 13 nitrogen and oxygen atoms in total. The number of anilines is 3. The molecule has 0 spiro atoms. The van der Waals surface area contributed by atoms with E-state index in [0.29, 0.717) is 43.4 Å². The maximum atomic E-state index is 13.1. The van der Waals surface area contributed by atoms with Crippen LogP contribution < -0.4 is 10.6 Å². The molecule has 0 saturated carbocycles. The van der Waals surface area contributed by atoms with Crippen molar-refractivity contribution in [3.05, 3.63) is 95.9 Å². The molecule has 1 saturated heterocycles. The Morgan fingerprint density at radius 1 is 1.02 bits per heavy atom. The lowest BCUT2D eigenvalue weighted by atomic mass is 10.1. The topological polar surface area (TPSA) is 170 Å². The zero-order valence-electron chi connectivity index (χ0n) is 26.2. The predicted molar refractivity (Wildman–Crippen MR) is 179 cm³/mol. The first kappa shape index (κ1) is 33.8. The molecular weight excluding hydrogens is 621 g/mol. The number of carbonyl (C=O) groups excluding carboxylic acids is 1. The van der Waals surface area contributed by atoms with Crippen LogP contribution in [0.15, 0.2) is 79.3 Å². The molecule has 246 valence electrons. The summed E-state index contributed by atoms with van der Waals surface area (Å²) >= 11 is 0. The van der Waals surface area contributed by atoms with Gasteiger partial charge in [0.05, 0.1) is 11.9 Å². The second-order valence-corrected chi connectivity index (χ2v) is 13.3. The summed E-state index contributed by atoms with van der Waals surface area (Å²) in [5.74, 6) is -1.06. The second kappa shape index (κ2) is 15.4. The highest BCUT2D eigenvalue weighted by molar-refractivity contribution is 7.52. The summed E-state index contributed by atoms with van der Waals surface area (Å²) in [6.45, 7) is 7.23. The zero-order valence-corrected chi connectivity index (χ0v) is 27.1. The monoisotopic (exact) mass is 659 g/mol. The maximum absolute atomic E-state index is 13.1. The molecule has 1 aliphatic rings. The number of benzene rings is 2. The number of nitrogens with zero attached hydrogens (tertiary/aromatic N) is 5. The molecule has 1 fully saturated rings. The van der Waals surface area contributed by atoms with Crippen molar-refractivity contribution in [1.29, 1.82) is 0 Å². The van der Waals surface area contributed by atoms with Gasteiger partial charge in [0.15, 0.2) is 6.10 Å². The first-order chi connectivity index (χ1) is 22.5. The number of carbonyl (C=O) groups is 2. The summed E-state index contributed by atoms with van der Waals surface area (Å²) in [5, 5.41) is 15.1. The lowest BCUT2D eigenvalue weighted by Crippen LogP contribution is -2.46. The molecule has 2 aromatic carbocycles. The van der Waals surface area contributed by atoms with E-state index >= 15 is 0 Å². The number of aliphatic carboxylic acids is 1. The van der Waals surface area contributed by atoms with E-state index in [-0.39, 0.29) is 12.1 Å². The van der Waals surface area contributed by atoms with Gasteiger partial charge in [0.1, 0.15) is 0 Å². The molecule has 3 heterocycles. The number of hydrogen-bond acceptors (Lipinski definition) is 10. The van der Waals surface area contributed by atoms with Crippen LogP contribution in [0.3, 0.4) is 0 Å². The highest BCUT2D eigenvalue weighted by Crippen LogP contribution is 2.43. The van der Waals surface area contributed by atoms with Crippen molar-refractivity contribution in [2.45, 2.75) is 26.5 Å². The van der Waals surface area contributed by atoms with Gasteiger partial charge in [-0.05, 0) is 67.4 Å². The summed E-state index contributed by atoms with van der Waals surface area (Å²) in [5.41, 5.74) is 5.61. The van der Waals surface area contributed by atoms with Crippen molar-refractivity contribution in [1.82, 2.24) is 24.8 Å². The molecule has 47 heavy (non-hydrogen) atoms. The summed E-state index contributed by atoms with van der Waals surface area (Å²) in [6, 6.07) is 18.7. The Hall–Kier alpha value is -4.52. The van der Waals surface area contributed by atoms with Crippen LogP contribution in [0.25, 0.3) is 11.3 Å². The Bertz CT molecular complexity index is 1730. The molecule has 0 aliphatic carbocycles. The fourth-order valence-electron chi connectivity index (χ4n) is 5.06. The van der Waals surface area contributed by atoms with Gasteiger partial charge in [0.25, 0.3) is 5.91 Å². The number of aromatic nitrogens is 3. The third kappa shape index (κ3) is 9.74. The largest absolute Gasteiger partial charge is 0.479 e. The molecular formula is C33H38N7O6P. The van der Waals surface area contributed by atoms with Crippen LogP contribution in [0.1, 0.15) is 28.4 Å². The maximum Gasteiger partial charge on any atom is 0.333 e. The number of nitrogens with one attached hydrogen (secondary N) is 2. The Morgan fingerprint density at radius 3 is 2.47 bits per heavy atom. The molecule has 2 atom stereocenters. The van der Waals surface area contributed by atoms with E-state index in [0.717, 1.165) is 41.2 Å². The van der Waals surface area contributed by atoms with Gasteiger partial charge < -0.3 is 25.5 Å². The van der Waals surface area contributed by atoms with Crippen molar-refractivity contribution in [2.24, 2.45) is 0 Å². The van der Waals surface area contributed by atoms with Crippen molar-refractivity contribution < 1.29 is 28.7 Å². The molecule has 4 aromatic rings. The van der Waals surface area contributed by atoms with Crippen LogP contribution in [0.4, 0.5) is 17.3 Å². The molecule has 4 N–H and O–H groups in total. The van der Waals surface area contributed by atoms with Gasteiger partial charge in [0.2, 0.25) is 5.95 Å². The van der Waals surface area contributed by atoms with Gasteiger partial charge >= 0.3 is 13.6 Å². The standard InChI is InChI=1S/C33H38N7O6P/c1-23-5-10-28(20-30(23)38-33-35-13-11-29(37-33)27-4-3-12-34-21-27)36-31(41)26-8-6-25(7-9-26)22-40-16-14-39(15-17-40)18-19-47(44,45)46-24(2)32(42)43/h3-13,20-21,24H,14-19,22H2,1-2H3,(H,36,41)(H,42,43)(H,44,45)(H,35,37,38)/t24-/m1/s1. The molecule has 1 amide bonds. The van der Waals surface area contributed by atoms with E-state index < -0.39 is 19.7 Å². The summed E-state index contributed by atoms with van der Waals surface area (Å²) in [6.07, 6.45) is 3.69. The second-order valence-electron chi connectivity index (χ2n) is 11.4. The minimum atomic E-state index is -3.98. The van der Waals surface area contributed by atoms with Crippen LogP contribution in [0.2, 0.25) is 0 Å². The van der Waals surface area contributed by atoms with Gasteiger partial charge in [-0.15, -0.1) is 0 Å². The van der Waals surface area contributed by atoms with Gasteiger partial charge in [0, 0.05) is 80.4 Å². The normalized spacial score (nSPS) is 15.8. The minimum absolute atomic E-state index is 0.121. The highest BCUT2D eigenvalue weighted by Gasteiger charge is 2.28. The molecule has 1 aliphatic heterocycles. The van der Waals surface area contributed by atoms with Crippen LogP contribution >= 0.6 is 7.60 Å². The van der Waals surface area contributed by atoms with E-state index in [2.05, 4.69) is 35.4 Å². The summed E-state index contributed by atoms with van der Waals surface area (Å²) < 4.78 is 17.0. The molecule has 0 bridgehead atoms. The summed E-state index contributed by atoms with van der Waals surface area (Å²) in [4.78, 5) is 51.4. The fourth-order valence-corrected chi connectivity index (χ4v) is 6.28. The van der Waals surface area contributed by atoms with Crippen molar-refractivity contribution in [2.75, 3.05) is 49.5 Å². The van der Waals surface area contributed by atoms with Crippen molar-refractivity contribution >= 4 is 36.8 Å². The van der Waals surface area contributed by atoms with E-state index in [1.54, 1.807) is 18.6 Å². The molecule has 14 heteroatoms. The fraction of sp³-hybridized carbons (Fsp3) is 0.303. The number of aryl methyl sites for hydroxylation is 1. The minimum Gasteiger partial charge on any atom is -0.479 e. The van der Waals surface area contributed by atoms with Crippen LogP contribution in [0.5, 0.6) is 0 Å². The lowest BCUT2D eigenvalue weighted by Gasteiger charge is -2.35. The third-order valence-corrected chi connectivity index (χ3v) is 9.22. The number of amides is 1. The van der Waals surface area contributed by atoms with E-state index in [1.165, 1.54) is 6.92 Å². The smallest absolute Gasteiger partial charge is 0.333 e. The van der Waals surface area contributed by atoms with Gasteiger partial charge in [-0.3, -0.25) is 23.8 Å². The van der Waals surface area contributed by atoms with Gasteiger partial charge in [-0.1, -0.05) is 18.2 Å². The number of hydrogen-bond donors (Lipinski definition) is 4. The van der Waals surface area contributed by atoms with Crippen molar-refractivity contribution in [3.63, 3.8) is 0 Å². The van der Waals surface area contributed by atoms with Crippen LogP contribution in [0, 0.1) is 6.92 Å². The Balaban J connectivity index is 1.11. The summed E-state index contributed by atoms with van der Waals surface area (Å²) in [7, 11) is -3.98. The lowest BCUT2D eigenvalue weighted by molar-refractivity contribution is -0.144. The van der Waals surface area contributed by atoms with E-state index in [9.17, 15) is 19.0 Å². The SMILES string of the molecule is Cc1ccc(NC(=O)c2ccc(CN3CCN(CCP(=O)(O)O[C@H](C)C(=O)O)CC3)cc2)cc1Nc1nccc(-c2cccnc2)n1. The molecule has 0 radical (unpaired) electrons. The Labute approximate surface area is 273 Å². The Kier molecular flexibility index (Phi) is 11.1. The first-order valence-corrected chi connectivity index (χ1v) is 17.0. The highest BCUT2D eigenvalue weighted by atomic mass is 31.2. The molecule has 5 rings (SSSR count). The predicted octanol–water partition coefficient (Wildman–Crippen LogP) is 4.64. The average Bonchev–Trinajstić information content (AvgIpc) is 3.06.